The van der Waals surface area contributed by atoms with Gasteiger partial charge in [-0.25, -0.2) is 4.98 Å². The van der Waals surface area contributed by atoms with E-state index >= 15 is 0 Å². The minimum absolute atomic E-state index is 0.101. The Balaban J connectivity index is 1.18. The molecule has 33 heavy (non-hydrogen) atoms. The summed E-state index contributed by atoms with van der Waals surface area (Å²) in [4.78, 5) is 18.7. The molecule has 5 N–H and O–H groups in total. The van der Waals surface area contributed by atoms with Gasteiger partial charge < -0.3 is 16.4 Å². The lowest BCUT2D eigenvalue weighted by molar-refractivity contribution is 0.0951. The summed E-state index contributed by atoms with van der Waals surface area (Å²) < 4.78 is 0. The second kappa shape index (κ2) is 9.56. The Bertz CT molecular complexity index is 1250. The number of hydrogen-bond acceptors (Lipinski definition) is 6. The second-order valence-corrected chi connectivity index (χ2v) is 9.40. The van der Waals surface area contributed by atoms with Crippen LogP contribution in [0.2, 0.25) is 0 Å². The van der Waals surface area contributed by atoms with Crippen LogP contribution in [0.5, 0.6) is 0 Å². The maximum atomic E-state index is 12.7. The lowest BCUT2D eigenvalue weighted by Crippen LogP contribution is -2.26. The Labute approximate surface area is 196 Å². The van der Waals surface area contributed by atoms with Crippen molar-refractivity contribution in [2.75, 3.05) is 5.32 Å². The SMILES string of the molecule is NC1CCc2nc(NCc3cccc(CNC(=O)c4cccc(-c5cn[nH]c5)c4)c3)sc2C1. The van der Waals surface area contributed by atoms with E-state index in [1.54, 1.807) is 17.5 Å². The van der Waals surface area contributed by atoms with Crippen LogP contribution >= 0.6 is 11.3 Å². The predicted octanol–water partition coefficient (Wildman–Crippen LogP) is 3.89. The van der Waals surface area contributed by atoms with Crippen molar-refractivity contribution in [3.63, 3.8) is 0 Å². The molecule has 7 nitrogen and oxygen atoms in total. The number of nitrogens with zero attached hydrogens (tertiary/aromatic N) is 2. The molecule has 2 aromatic carbocycles. The highest BCUT2D eigenvalue weighted by Gasteiger charge is 2.19. The van der Waals surface area contributed by atoms with Crippen LogP contribution < -0.4 is 16.4 Å². The normalized spacial score (nSPS) is 15.1. The molecule has 168 valence electrons. The van der Waals surface area contributed by atoms with Crippen molar-refractivity contribution in [3.05, 3.63) is 88.2 Å². The number of nitrogens with two attached hydrogens (primary N) is 1. The first-order valence-corrected chi connectivity index (χ1v) is 11.9. The first-order chi connectivity index (χ1) is 16.1. The van der Waals surface area contributed by atoms with Crippen molar-refractivity contribution < 1.29 is 4.79 Å². The fourth-order valence-corrected chi connectivity index (χ4v) is 5.13. The lowest BCUT2D eigenvalue weighted by Gasteiger charge is -2.15. The third kappa shape index (κ3) is 5.13. The molecular formula is C25H26N6OS. The number of benzene rings is 2. The highest BCUT2D eigenvalue weighted by Crippen LogP contribution is 2.29. The molecule has 0 fully saturated rings. The average molecular weight is 459 g/mol. The van der Waals surface area contributed by atoms with Gasteiger partial charge in [0.25, 0.3) is 5.91 Å². The maximum absolute atomic E-state index is 12.7. The Morgan fingerprint density at radius 2 is 1.97 bits per heavy atom. The number of fused-ring (bicyclic) bond motifs is 1. The number of nitrogens with one attached hydrogen (secondary N) is 3. The van der Waals surface area contributed by atoms with E-state index in [0.29, 0.717) is 18.7 Å². The van der Waals surface area contributed by atoms with Crippen LogP contribution in [0.15, 0.2) is 60.9 Å². The number of rotatable bonds is 7. The van der Waals surface area contributed by atoms with Crippen LogP contribution in [0.25, 0.3) is 11.1 Å². The van der Waals surface area contributed by atoms with Gasteiger partial charge in [-0.3, -0.25) is 9.89 Å². The summed E-state index contributed by atoms with van der Waals surface area (Å²) in [5.74, 6) is -0.101. The van der Waals surface area contributed by atoms with Gasteiger partial charge in [-0.05, 0) is 48.1 Å². The molecule has 1 aliphatic rings. The standard InChI is InChI=1S/C25H26N6OS/c26-21-7-8-22-23(11-21)33-25(31-22)28-13-17-4-1-3-16(9-17)12-27-24(32)19-6-2-5-18(10-19)20-14-29-30-15-20/h1-6,9-10,14-15,21H,7-8,11-13,26H2,(H,27,32)(H,28,31)(H,29,30). The molecule has 0 radical (unpaired) electrons. The van der Waals surface area contributed by atoms with Gasteiger partial charge in [-0.15, -0.1) is 11.3 Å². The Morgan fingerprint density at radius 1 is 1.12 bits per heavy atom. The summed E-state index contributed by atoms with van der Waals surface area (Å²) in [6.45, 7) is 1.15. The van der Waals surface area contributed by atoms with Gasteiger partial charge in [0.2, 0.25) is 0 Å². The van der Waals surface area contributed by atoms with Crippen LogP contribution in [0.3, 0.4) is 0 Å². The predicted molar refractivity (Wildman–Crippen MR) is 131 cm³/mol. The largest absolute Gasteiger partial charge is 0.357 e. The van der Waals surface area contributed by atoms with E-state index in [2.05, 4.69) is 33.0 Å². The lowest BCUT2D eigenvalue weighted by atomic mass is 9.99. The summed E-state index contributed by atoms with van der Waals surface area (Å²) in [6, 6.07) is 16.0. The van der Waals surface area contributed by atoms with Crippen LogP contribution in [0, 0.1) is 0 Å². The van der Waals surface area contributed by atoms with Crippen molar-refractivity contribution in [1.29, 1.82) is 0 Å². The minimum atomic E-state index is -0.101. The number of carbonyl (C=O) groups excluding carboxylic acids is 1. The van der Waals surface area contributed by atoms with Gasteiger partial charge in [0.05, 0.1) is 11.9 Å². The van der Waals surface area contributed by atoms with Gasteiger partial charge in [-0.2, -0.15) is 5.10 Å². The summed E-state index contributed by atoms with van der Waals surface area (Å²) in [6.07, 6.45) is 6.46. The molecule has 1 unspecified atom stereocenters. The first-order valence-electron chi connectivity index (χ1n) is 11.1. The zero-order valence-electron chi connectivity index (χ0n) is 18.2. The third-order valence-corrected chi connectivity index (χ3v) is 6.90. The molecule has 1 atom stereocenters. The molecule has 0 bridgehead atoms. The van der Waals surface area contributed by atoms with E-state index in [4.69, 9.17) is 10.7 Å². The zero-order valence-corrected chi connectivity index (χ0v) is 19.0. The molecule has 0 saturated carbocycles. The fraction of sp³-hybridized carbons (Fsp3) is 0.240. The van der Waals surface area contributed by atoms with Gasteiger partial charge in [0, 0.05) is 41.3 Å². The number of aromatic nitrogens is 3. The molecule has 5 rings (SSSR count). The Kier molecular flexibility index (Phi) is 6.19. The van der Waals surface area contributed by atoms with Crippen molar-refractivity contribution in [3.8, 4) is 11.1 Å². The van der Waals surface area contributed by atoms with Crippen LogP contribution in [0.1, 0.15) is 38.5 Å². The van der Waals surface area contributed by atoms with Crippen molar-refractivity contribution in [2.24, 2.45) is 5.73 Å². The van der Waals surface area contributed by atoms with E-state index in [-0.39, 0.29) is 11.9 Å². The van der Waals surface area contributed by atoms with Crippen molar-refractivity contribution in [1.82, 2.24) is 20.5 Å². The summed E-state index contributed by atoms with van der Waals surface area (Å²) in [5.41, 5.74) is 12.0. The van der Waals surface area contributed by atoms with Crippen LogP contribution in [-0.2, 0) is 25.9 Å². The number of H-pyrrole nitrogens is 1. The van der Waals surface area contributed by atoms with Gasteiger partial charge in [0.1, 0.15) is 0 Å². The second-order valence-electron chi connectivity index (χ2n) is 8.32. The Hall–Kier alpha value is -3.49. The smallest absolute Gasteiger partial charge is 0.251 e. The van der Waals surface area contributed by atoms with Crippen LogP contribution in [-0.4, -0.2) is 27.1 Å². The number of carbonyl (C=O) groups is 1. The maximum Gasteiger partial charge on any atom is 0.251 e. The molecule has 2 aromatic heterocycles. The monoisotopic (exact) mass is 458 g/mol. The van der Waals surface area contributed by atoms with E-state index in [1.807, 2.05) is 42.6 Å². The summed E-state index contributed by atoms with van der Waals surface area (Å²) >= 11 is 1.71. The number of thiazole rings is 1. The Morgan fingerprint density at radius 3 is 2.82 bits per heavy atom. The first kappa shape index (κ1) is 21.4. The van der Waals surface area contributed by atoms with E-state index in [1.165, 1.54) is 10.6 Å². The number of amides is 1. The zero-order chi connectivity index (χ0) is 22.6. The number of anilines is 1. The fourth-order valence-electron chi connectivity index (χ4n) is 4.04. The number of hydrogen-bond donors (Lipinski definition) is 4. The topological polar surface area (TPSA) is 109 Å². The third-order valence-electron chi connectivity index (χ3n) is 5.82. The molecule has 0 aliphatic heterocycles. The van der Waals surface area contributed by atoms with Gasteiger partial charge in [-0.1, -0.05) is 36.4 Å². The summed E-state index contributed by atoms with van der Waals surface area (Å²) in [7, 11) is 0. The highest BCUT2D eigenvalue weighted by molar-refractivity contribution is 7.15. The number of aromatic amines is 1. The minimum Gasteiger partial charge on any atom is -0.357 e. The van der Waals surface area contributed by atoms with Crippen molar-refractivity contribution >= 4 is 22.4 Å². The van der Waals surface area contributed by atoms with E-state index < -0.39 is 0 Å². The molecule has 8 heteroatoms. The molecule has 4 aromatic rings. The van der Waals surface area contributed by atoms with Crippen LogP contribution in [0.4, 0.5) is 5.13 Å². The number of aryl methyl sites for hydroxylation is 1. The average Bonchev–Trinajstić information content (AvgIpc) is 3.51. The van der Waals surface area contributed by atoms with E-state index in [0.717, 1.165) is 46.6 Å². The highest BCUT2D eigenvalue weighted by atomic mass is 32.1. The van der Waals surface area contributed by atoms with Crippen molar-refractivity contribution in [2.45, 2.75) is 38.4 Å². The summed E-state index contributed by atoms with van der Waals surface area (Å²) in [5, 5.41) is 14.2. The molecule has 0 spiro atoms. The molecule has 1 amide bonds. The molecular weight excluding hydrogens is 432 g/mol. The van der Waals surface area contributed by atoms with Gasteiger partial charge >= 0.3 is 0 Å². The van der Waals surface area contributed by atoms with E-state index in [9.17, 15) is 4.79 Å². The quantitative estimate of drug-likeness (QED) is 0.336. The molecule has 2 heterocycles. The molecule has 0 saturated heterocycles. The molecule has 1 aliphatic carbocycles. The van der Waals surface area contributed by atoms with Gasteiger partial charge in [0.15, 0.2) is 5.13 Å².